The monoisotopic (exact) mass is 173 g/mol. The van der Waals surface area contributed by atoms with Crippen LogP contribution < -0.4 is 0 Å². The van der Waals surface area contributed by atoms with Gasteiger partial charge in [-0.1, -0.05) is 45.4 Å². The number of rotatable bonds is 8. The summed E-state index contributed by atoms with van der Waals surface area (Å²) in [7, 11) is 0. The Hall–Kier alpha value is 0.350. The molecule has 0 rings (SSSR count). The van der Waals surface area contributed by atoms with E-state index in [1.165, 1.54) is 50.7 Å². The number of thioether (sulfide) groups is 1. The molecule has 0 aliphatic heterocycles. The lowest BCUT2D eigenvalue weighted by Crippen LogP contribution is -1.80. The van der Waals surface area contributed by atoms with Gasteiger partial charge in [0.05, 0.1) is 0 Å². The molecule has 0 N–H and O–H groups in total. The van der Waals surface area contributed by atoms with Gasteiger partial charge >= 0.3 is 0 Å². The third kappa shape index (κ3) is 10.4. The second kappa shape index (κ2) is 10.3. The first-order valence-electron chi connectivity index (χ1n) is 4.78. The van der Waals surface area contributed by atoms with Crippen molar-refractivity contribution in [2.75, 3.05) is 5.75 Å². The quantitative estimate of drug-likeness (QED) is 0.494. The van der Waals surface area contributed by atoms with Crippen LogP contribution >= 0.6 is 11.8 Å². The first-order chi connectivity index (χ1) is 5.41. The van der Waals surface area contributed by atoms with Gasteiger partial charge in [-0.2, -0.15) is 11.8 Å². The van der Waals surface area contributed by atoms with Gasteiger partial charge in [0.1, 0.15) is 0 Å². The average Bonchev–Trinajstić information content (AvgIpc) is 2.03. The smallest absolute Gasteiger partial charge is 0.00235 e. The van der Waals surface area contributed by atoms with Crippen LogP contribution in [0.2, 0.25) is 0 Å². The predicted octanol–water partition coefficient (Wildman–Crippen LogP) is 4.26. The van der Waals surface area contributed by atoms with E-state index < -0.39 is 0 Å². The summed E-state index contributed by atoms with van der Waals surface area (Å²) in [6.45, 7) is 2.26. The Morgan fingerprint density at radius 3 is 2.00 bits per heavy atom. The molecular weight excluding hydrogens is 152 g/mol. The van der Waals surface area contributed by atoms with E-state index in [4.69, 9.17) is 0 Å². The third-order valence-electron chi connectivity index (χ3n) is 1.89. The van der Waals surface area contributed by atoms with Crippen molar-refractivity contribution in [3.63, 3.8) is 0 Å². The molecule has 0 amide bonds. The molecular formula is C10H21S. The first kappa shape index (κ1) is 11.4. The SMILES string of the molecule is [CH2]SCCCCCCCCC. The van der Waals surface area contributed by atoms with Crippen LogP contribution in [-0.2, 0) is 0 Å². The summed E-state index contributed by atoms with van der Waals surface area (Å²) in [5.41, 5.74) is 0. The standard InChI is InChI=1S/C10H21S/c1-3-4-5-6-7-8-9-10-11-2/h2-10H2,1H3. The highest BCUT2D eigenvalue weighted by atomic mass is 32.2. The Labute approximate surface area is 76.1 Å². The van der Waals surface area contributed by atoms with E-state index in [0.29, 0.717) is 0 Å². The maximum absolute atomic E-state index is 3.75. The van der Waals surface area contributed by atoms with Crippen LogP contribution in [-0.4, -0.2) is 5.75 Å². The van der Waals surface area contributed by atoms with Crippen molar-refractivity contribution in [2.24, 2.45) is 0 Å². The molecule has 0 aliphatic rings. The molecule has 0 atom stereocenters. The first-order valence-corrected chi connectivity index (χ1v) is 5.94. The lowest BCUT2D eigenvalue weighted by Gasteiger charge is -1.98. The van der Waals surface area contributed by atoms with Crippen LogP contribution in [0.25, 0.3) is 0 Å². The summed E-state index contributed by atoms with van der Waals surface area (Å²) >= 11 is 1.72. The zero-order chi connectivity index (χ0) is 8.36. The fraction of sp³-hybridized carbons (Fsp3) is 0.900. The van der Waals surface area contributed by atoms with Gasteiger partial charge in [-0.25, -0.2) is 0 Å². The second-order valence-electron chi connectivity index (χ2n) is 3.03. The summed E-state index contributed by atoms with van der Waals surface area (Å²) < 4.78 is 0. The minimum atomic E-state index is 1.24. The lowest BCUT2D eigenvalue weighted by molar-refractivity contribution is 0.604. The van der Waals surface area contributed by atoms with Gasteiger partial charge in [0.2, 0.25) is 0 Å². The van der Waals surface area contributed by atoms with Crippen LogP contribution in [0.15, 0.2) is 0 Å². The molecule has 0 unspecified atom stereocenters. The predicted molar refractivity (Wildman–Crippen MR) is 55.8 cm³/mol. The summed E-state index contributed by atoms with van der Waals surface area (Å²) in [5.74, 6) is 1.24. The van der Waals surface area contributed by atoms with Crippen molar-refractivity contribution in [1.29, 1.82) is 0 Å². The largest absolute Gasteiger partial charge is 0.161 e. The Bertz CT molecular complexity index is 53.9. The van der Waals surface area contributed by atoms with E-state index in [1.807, 2.05) is 0 Å². The third-order valence-corrected chi connectivity index (χ3v) is 2.47. The van der Waals surface area contributed by atoms with Crippen LogP contribution in [0.3, 0.4) is 0 Å². The van der Waals surface area contributed by atoms with Gasteiger partial charge in [0.25, 0.3) is 0 Å². The summed E-state index contributed by atoms with van der Waals surface area (Å²) in [6.07, 6.45) is 13.6. The van der Waals surface area contributed by atoms with Crippen molar-refractivity contribution < 1.29 is 0 Å². The molecule has 0 fully saturated rings. The summed E-state index contributed by atoms with van der Waals surface area (Å²) in [4.78, 5) is 0. The highest BCUT2D eigenvalue weighted by molar-refractivity contribution is 8.00. The van der Waals surface area contributed by atoms with E-state index in [1.54, 1.807) is 11.8 Å². The maximum Gasteiger partial charge on any atom is 0.00235 e. The lowest BCUT2D eigenvalue weighted by atomic mass is 10.1. The molecule has 1 heteroatoms. The zero-order valence-electron chi connectivity index (χ0n) is 7.77. The molecule has 0 bridgehead atoms. The maximum atomic E-state index is 3.75. The molecule has 67 valence electrons. The molecule has 11 heavy (non-hydrogen) atoms. The highest BCUT2D eigenvalue weighted by Gasteiger charge is 1.89. The van der Waals surface area contributed by atoms with Crippen LogP contribution in [0, 0.1) is 6.26 Å². The Balaban J connectivity index is 2.69. The fourth-order valence-corrected chi connectivity index (χ4v) is 1.57. The van der Waals surface area contributed by atoms with Crippen molar-refractivity contribution in [2.45, 2.75) is 51.9 Å². The van der Waals surface area contributed by atoms with Gasteiger partial charge in [-0.05, 0) is 12.2 Å². The van der Waals surface area contributed by atoms with Crippen molar-refractivity contribution in [3.8, 4) is 0 Å². The van der Waals surface area contributed by atoms with Crippen LogP contribution in [0.5, 0.6) is 0 Å². The van der Waals surface area contributed by atoms with Crippen LogP contribution in [0.1, 0.15) is 51.9 Å². The van der Waals surface area contributed by atoms with Crippen molar-refractivity contribution >= 4 is 11.8 Å². The van der Waals surface area contributed by atoms with E-state index in [9.17, 15) is 0 Å². The second-order valence-corrected chi connectivity index (χ2v) is 3.85. The molecule has 1 radical (unpaired) electrons. The van der Waals surface area contributed by atoms with Gasteiger partial charge in [0, 0.05) is 6.26 Å². The topological polar surface area (TPSA) is 0 Å². The number of hydrogen-bond acceptors (Lipinski definition) is 1. The number of unbranched alkanes of at least 4 members (excludes halogenated alkanes) is 6. The zero-order valence-corrected chi connectivity index (χ0v) is 8.59. The Kier molecular flexibility index (Phi) is 10.7. The van der Waals surface area contributed by atoms with E-state index in [0.717, 1.165) is 0 Å². The fourth-order valence-electron chi connectivity index (χ4n) is 1.16. The molecule has 0 aliphatic carbocycles. The molecule has 0 nitrogen and oxygen atoms in total. The van der Waals surface area contributed by atoms with Gasteiger partial charge in [-0.15, -0.1) is 0 Å². The van der Waals surface area contributed by atoms with Gasteiger partial charge in [0.15, 0.2) is 0 Å². The average molecular weight is 173 g/mol. The molecule has 0 aromatic carbocycles. The van der Waals surface area contributed by atoms with E-state index in [-0.39, 0.29) is 0 Å². The Morgan fingerprint density at radius 1 is 0.909 bits per heavy atom. The molecule has 0 aromatic rings. The minimum absolute atomic E-state index is 1.24. The van der Waals surface area contributed by atoms with Gasteiger partial charge in [-0.3, -0.25) is 0 Å². The molecule has 0 saturated carbocycles. The highest BCUT2D eigenvalue weighted by Crippen LogP contribution is 2.08. The van der Waals surface area contributed by atoms with Crippen LogP contribution in [0.4, 0.5) is 0 Å². The molecule has 0 saturated heterocycles. The van der Waals surface area contributed by atoms with Gasteiger partial charge < -0.3 is 0 Å². The molecule has 0 spiro atoms. The van der Waals surface area contributed by atoms with E-state index in [2.05, 4.69) is 13.2 Å². The normalized spacial score (nSPS) is 10.4. The molecule has 0 heterocycles. The van der Waals surface area contributed by atoms with E-state index >= 15 is 0 Å². The Morgan fingerprint density at radius 2 is 1.45 bits per heavy atom. The summed E-state index contributed by atoms with van der Waals surface area (Å²) in [5, 5.41) is 0. The summed E-state index contributed by atoms with van der Waals surface area (Å²) in [6, 6.07) is 0. The molecule has 0 aromatic heterocycles. The minimum Gasteiger partial charge on any atom is -0.161 e. The number of hydrogen-bond donors (Lipinski definition) is 0. The van der Waals surface area contributed by atoms with Crippen molar-refractivity contribution in [1.82, 2.24) is 0 Å². The van der Waals surface area contributed by atoms with Crippen molar-refractivity contribution in [3.05, 3.63) is 6.26 Å².